The summed E-state index contributed by atoms with van der Waals surface area (Å²) >= 11 is 12.2. The van der Waals surface area contributed by atoms with Gasteiger partial charge in [-0.05, 0) is 81.0 Å². The molecule has 0 spiro atoms. The maximum atomic E-state index is 14.2. The van der Waals surface area contributed by atoms with Gasteiger partial charge < -0.3 is 24.3 Å². The maximum Gasteiger partial charge on any atom is 0.343 e. The molecule has 1 saturated heterocycles. The van der Waals surface area contributed by atoms with Crippen LogP contribution in [0.1, 0.15) is 32.4 Å². The van der Waals surface area contributed by atoms with Crippen molar-refractivity contribution in [2.45, 2.75) is 26.8 Å². The summed E-state index contributed by atoms with van der Waals surface area (Å²) in [4.78, 5) is 71.8. The van der Waals surface area contributed by atoms with Crippen LogP contribution in [0.3, 0.4) is 0 Å². The molecule has 0 radical (unpaired) electrons. The number of hydrogen-bond donors (Lipinski definition) is 1. The van der Waals surface area contributed by atoms with Crippen molar-refractivity contribution in [2.24, 2.45) is 10.9 Å². The Labute approximate surface area is 288 Å². The summed E-state index contributed by atoms with van der Waals surface area (Å²) in [6.07, 6.45) is 1.27. The number of carbonyl (C=O) groups excluding carboxylic acids is 4. The number of methoxy groups -OCH3 is 1. The highest BCUT2D eigenvalue weighted by atomic mass is 35.5. The van der Waals surface area contributed by atoms with Crippen LogP contribution >= 0.6 is 35.2 Å². The minimum atomic E-state index is -1.41. The van der Waals surface area contributed by atoms with Gasteiger partial charge in [0.05, 0.1) is 47.9 Å². The first-order chi connectivity index (χ1) is 23.0. The molecule has 3 heterocycles. The molecule has 1 fully saturated rings. The second kappa shape index (κ2) is 14.5. The lowest BCUT2D eigenvalue weighted by Crippen LogP contribution is -2.58. The normalized spacial score (nSPS) is 17.8. The van der Waals surface area contributed by atoms with Gasteiger partial charge in [0.1, 0.15) is 5.92 Å². The fourth-order valence-electron chi connectivity index (χ4n) is 5.12. The van der Waals surface area contributed by atoms with Crippen molar-refractivity contribution >= 4 is 75.8 Å². The summed E-state index contributed by atoms with van der Waals surface area (Å²) in [5.74, 6) is -3.57. The molecule has 0 saturated carbocycles. The molecule has 1 aromatic heterocycles. The third-order valence-electron chi connectivity index (χ3n) is 7.28. The molecule has 2 aromatic carbocycles. The van der Waals surface area contributed by atoms with E-state index in [4.69, 9.17) is 38.0 Å². The number of aromatic nitrogens is 1. The van der Waals surface area contributed by atoms with Crippen molar-refractivity contribution < 1.29 is 38.1 Å². The standard InChI is InChI=1S/C32H29ClN4O9S2/c1-5-44-22-13-17(7-12-21(22)46-15-24(38)43-4)26-25(30(42)45-6-2)16(3)34-32-37(26)29(41)23(48-32)14-20-27(39)35-31(47)36(28(20)40)19-10-8-18(33)9-11-19/h7-14,20,26H,5-6,15H2,1-4H3,(H,35,39,47)/b23-14-/t20-,26+/m0/s1. The van der Waals surface area contributed by atoms with Crippen LogP contribution in [0.5, 0.6) is 11.5 Å². The van der Waals surface area contributed by atoms with Crippen molar-refractivity contribution in [3.05, 3.63) is 84.0 Å². The van der Waals surface area contributed by atoms with Crippen LogP contribution in [0, 0.1) is 5.92 Å². The molecule has 0 aliphatic carbocycles. The van der Waals surface area contributed by atoms with Gasteiger partial charge in [-0.15, -0.1) is 0 Å². The fourth-order valence-corrected chi connectivity index (χ4v) is 6.60. The molecule has 1 N–H and O–H groups in total. The van der Waals surface area contributed by atoms with Gasteiger partial charge in [-0.25, -0.2) is 14.6 Å². The number of fused-ring (bicyclic) bond motifs is 1. The molecule has 0 unspecified atom stereocenters. The molecule has 250 valence electrons. The van der Waals surface area contributed by atoms with E-state index in [1.807, 2.05) is 0 Å². The molecule has 0 bridgehead atoms. The second-order valence-corrected chi connectivity index (χ2v) is 12.1. The summed E-state index contributed by atoms with van der Waals surface area (Å²) in [5, 5.41) is 2.86. The van der Waals surface area contributed by atoms with E-state index in [0.29, 0.717) is 22.0 Å². The Morgan fingerprint density at radius 2 is 1.79 bits per heavy atom. The van der Waals surface area contributed by atoms with Crippen LogP contribution in [-0.2, 0) is 28.7 Å². The van der Waals surface area contributed by atoms with Gasteiger partial charge in [-0.2, -0.15) is 0 Å². The van der Waals surface area contributed by atoms with Gasteiger partial charge >= 0.3 is 11.9 Å². The number of anilines is 1. The number of halogens is 1. The van der Waals surface area contributed by atoms with Gasteiger partial charge in [0.25, 0.3) is 5.56 Å². The SMILES string of the molecule is CCOC(=O)C1=C(C)N=c2s/c(=C\[C@H]3C(=O)NC(=S)N(c4ccc(Cl)cc4)C3=O)c(=O)n2[C@@H]1c1ccc(OCC(=O)OC)c(OCC)c1. The molecular formula is C32H29ClN4O9S2. The third kappa shape index (κ3) is 6.74. The molecule has 3 aromatic rings. The number of carbonyl (C=O) groups is 4. The van der Waals surface area contributed by atoms with E-state index in [1.54, 1.807) is 63.2 Å². The Morgan fingerprint density at radius 3 is 2.46 bits per heavy atom. The van der Waals surface area contributed by atoms with Gasteiger partial charge in [-0.1, -0.05) is 29.0 Å². The van der Waals surface area contributed by atoms with Crippen molar-refractivity contribution in [1.82, 2.24) is 9.88 Å². The Bertz CT molecular complexity index is 2040. The first-order valence-electron chi connectivity index (χ1n) is 14.6. The van der Waals surface area contributed by atoms with Crippen LogP contribution in [0.15, 0.2) is 63.5 Å². The third-order valence-corrected chi connectivity index (χ3v) is 8.82. The number of nitrogens with one attached hydrogen (secondary N) is 1. The van der Waals surface area contributed by atoms with Crippen LogP contribution in [-0.4, -0.2) is 60.4 Å². The van der Waals surface area contributed by atoms with E-state index in [0.717, 1.165) is 16.2 Å². The Balaban J connectivity index is 1.63. The molecule has 16 heteroatoms. The molecule has 2 aliphatic rings. The topological polar surface area (TPSA) is 155 Å². The van der Waals surface area contributed by atoms with Gasteiger partial charge in [-0.3, -0.25) is 23.9 Å². The van der Waals surface area contributed by atoms with E-state index in [2.05, 4.69) is 15.0 Å². The Kier molecular flexibility index (Phi) is 10.4. The number of nitrogens with zero attached hydrogens (tertiary/aromatic N) is 3. The lowest BCUT2D eigenvalue weighted by Gasteiger charge is -2.31. The van der Waals surface area contributed by atoms with Crippen molar-refractivity contribution in [1.29, 1.82) is 0 Å². The van der Waals surface area contributed by atoms with Crippen molar-refractivity contribution in [3.63, 3.8) is 0 Å². The zero-order valence-electron chi connectivity index (χ0n) is 26.1. The Hall–Kier alpha value is -4.86. The highest BCUT2D eigenvalue weighted by Crippen LogP contribution is 2.36. The largest absolute Gasteiger partial charge is 0.490 e. The predicted molar refractivity (Wildman–Crippen MR) is 180 cm³/mol. The number of amides is 2. The van der Waals surface area contributed by atoms with Crippen LogP contribution < -0.4 is 34.6 Å². The van der Waals surface area contributed by atoms with Gasteiger partial charge in [0, 0.05) is 5.02 Å². The average Bonchev–Trinajstić information content (AvgIpc) is 3.36. The summed E-state index contributed by atoms with van der Waals surface area (Å²) in [6, 6.07) is 10.1. The van der Waals surface area contributed by atoms with Gasteiger partial charge in [0.2, 0.25) is 11.8 Å². The van der Waals surface area contributed by atoms with Crippen LogP contribution in [0.4, 0.5) is 5.69 Å². The fraction of sp³-hybridized carbons (Fsp3) is 0.281. The van der Waals surface area contributed by atoms with E-state index in [-0.39, 0.29) is 51.3 Å². The van der Waals surface area contributed by atoms with E-state index >= 15 is 0 Å². The molecule has 13 nitrogen and oxygen atoms in total. The van der Waals surface area contributed by atoms with Crippen LogP contribution in [0.2, 0.25) is 5.02 Å². The summed E-state index contributed by atoms with van der Waals surface area (Å²) < 4.78 is 22.7. The average molecular weight is 713 g/mol. The lowest BCUT2D eigenvalue weighted by molar-refractivity contribution is -0.143. The molecule has 5 rings (SSSR count). The van der Waals surface area contributed by atoms with Crippen molar-refractivity contribution in [2.75, 3.05) is 31.8 Å². The molecule has 2 amide bonds. The minimum absolute atomic E-state index is 0.0390. The molecule has 2 atom stereocenters. The second-order valence-electron chi connectivity index (χ2n) is 10.3. The molecule has 48 heavy (non-hydrogen) atoms. The minimum Gasteiger partial charge on any atom is -0.490 e. The predicted octanol–water partition coefficient (Wildman–Crippen LogP) is 2.42. The monoisotopic (exact) mass is 712 g/mol. The number of hydrogen-bond acceptors (Lipinski definition) is 12. The van der Waals surface area contributed by atoms with E-state index in [1.165, 1.54) is 17.8 Å². The number of esters is 2. The molecular weight excluding hydrogens is 684 g/mol. The smallest absolute Gasteiger partial charge is 0.343 e. The Morgan fingerprint density at radius 1 is 1.06 bits per heavy atom. The maximum absolute atomic E-state index is 14.2. The first kappa shape index (κ1) is 34.5. The number of thiazole rings is 1. The van der Waals surface area contributed by atoms with E-state index < -0.39 is 41.3 Å². The number of thiocarbonyl (C=S) groups is 1. The number of rotatable bonds is 10. The summed E-state index contributed by atoms with van der Waals surface area (Å²) in [6.45, 7) is 4.99. The highest BCUT2D eigenvalue weighted by Gasteiger charge is 2.39. The first-order valence-corrected chi connectivity index (χ1v) is 16.2. The van der Waals surface area contributed by atoms with E-state index in [9.17, 15) is 24.0 Å². The molecule has 2 aliphatic heterocycles. The summed E-state index contributed by atoms with van der Waals surface area (Å²) in [7, 11) is 1.24. The zero-order chi connectivity index (χ0) is 34.7. The quantitative estimate of drug-likeness (QED) is 0.188. The lowest BCUT2D eigenvalue weighted by atomic mass is 9.95. The number of allylic oxidation sites excluding steroid dienone is 1. The summed E-state index contributed by atoms with van der Waals surface area (Å²) in [5.41, 5.74) is 0.634. The number of ether oxygens (including phenoxy) is 4. The number of benzene rings is 2. The van der Waals surface area contributed by atoms with Crippen LogP contribution in [0.25, 0.3) is 6.08 Å². The van der Waals surface area contributed by atoms with Gasteiger partial charge in [0.15, 0.2) is 28.0 Å². The highest BCUT2D eigenvalue weighted by molar-refractivity contribution is 7.80. The van der Waals surface area contributed by atoms with Crippen molar-refractivity contribution in [3.8, 4) is 11.5 Å². The zero-order valence-corrected chi connectivity index (χ0v) is 28.5.